The van der Waals surface area contributed by atoms with Crippen molar-refractivity contribution in [1.29, 1.82) is 0 Å². The molecule has 1 N–H and O–H groups in total. The van der Waals surface area contributed by atoms with E-state index in [-0.39, 0.29) is 18.2 Å². The second-order valence-corrected chi connectivity index (χ2v) is 8.40. The van der Waals surface area contributed by atoms with Crippen molar-refractivity contribution in [2.45, 2.75) is 38.5 Å². The Kier molecular flexibility index (Phi) is 5.02. The van der Waals surface area contributed by atoms with Crippen molar-refractivity contribution in [3.05, 3.63) is 60.0 Å². The van der Waals surface area contributed by atoms with Gasteiger partial charge in [0.1, 0.15) is 0 Å². The van der Waals surface area contributed by atoms with Crippen LogP contribution in [-0.4, -0.2) is 28.5 Å². The van der Waals surface area contributed by atoms with Crippen LogP contribution < -0.4 is 10.2 Å². The number of aromatic nitrogens is 2. The fourth-order valence-electron chi connectivity index (χ4n) is 4.09. The molecule has 0 radical (unpaired) electrons. The van der Waals surface area contributed by atoms with Crippen molar-refractivity contribution in [3.8, 4) is 11.4 Å². The Bertz CT molecular complexity index is 1140. The molecule has 2 fully saturated rings. The van der Waals surface area contributed by atoms with Crippen molar-refractivity contribution in [2.75, 3.05) is 16.8 Å². The second kappa shape index (κ2) is 7.98. The summed E-state index contributed by atoms with van der Waals surface area (Å²) >= 11 is 0. The van der Waals surface area contributed by atoms with Crippen LogP contribution in [0.2, 0.25) is 0 Å². The number of nitrogens with zero attached hydrogens (tertiary/aromatic N) is 3. The Balaban J connectivity index is 1.30. The minimum absolute atomic E-state index is 0.0650. The van der Waals surface area contributed by atoms with Gasteiger partial charge in [-0.25, -0.2) is 0 Å². The van der Waals surface area contributed by atoms with Gasteiger partial charge in [0.25, 0.3) is 0 Å². The minimum atomic E-state index is -0.396. The molecule has 1 aromatic heterocycles. The molecule has 1 aliphatic heterocycles. The third-order valence-corrected chi connectivity index (χ3v) is 6.09. The lowest BCUT2D eigenvalue weighted by Gasteiger charge is -2.20. The molecular formula is C24H24N4O3. The van der Waals surface area contributed by atoms with E-state index in [2.05, 4.69) is 15.5 Å². The van der Waals surface area contributed by atoms with Crippen molar-refractivity contribution >= 4 is 23.2 Å². The molecule has 5 rings (SSSR count). The second-order valence-electron chi connectivity index (χ2n) is 8.40. The number of amides is 2. The lowest BCUT2D eigenvalue weighted by atomic mass is 9.85. The molecule has 3 aromatic rings. The minimum Gasteiger partial charge on any atom is -0.339 e. The molecule has 2 heterocycles. The topological polar surface area (TPSA) is 88.3 Å². The molecular weight excluding hydrogens is 392 g/mol. The van der Waals surface area contributed by atoms with Crippen LogP contribution in [0.3, 0.4) is 0 Å². The Morgan fingerprint density at radius 1 is 1.16 bits per heavy atom. The summed E-state index contributed by atoms with van der Waals surface area (Å²) in [5.41, 5.74) is 3.36. The monoisotopic (exact) mass is 416 g/mol. The Labute approximate surface area is 180 Å². The third-order valence-electron chi connectivity index (χ3n) is 6.09. The van der Waals surface area contributed by atoms with E-state index in [1.165, 1.54) is 6.42 Å². The van der Waals surface area contributed by atoms with Gasteiger partial charge >= 0.3 is 0 Å². The molecule has 0 unspecified atom stereocenters. The van der Waals surface area contributed by atoms with Crippen LogP contribution >= 0.6 is 0 Å². The maximum absolute atomic E-state index is 12.7. The molecule has 2 aliphatic rings. The molecule has 2 amide bonds. The zero-order chi connectivity index (χ0) is 21.4. The van der Waals surface area contributed by atoms with Gasteiger partial charge in [-0.3, -0.25) is 9.59 Å². The first-order valence-electron chi connectivity index (χ1n) is 10.7. The summed E-state index contributed by atoms with van der Waals surface area (Å²) in [7, 11) is 0. The van der Waals surface area contributed by atoms with E-state index >= 15 is 0 Å². The van der Waals surface area contributed by atoms with Gasteiger partial charge in [0.15, 0.2) is 0 Å². The molecule has 7 nitrogen and oxygen atoms in total. The number of nitrogens with one attached hydrogen (secondary N) is 1. The maximum atomic E-state index is 12.7. The summed E-state index contributed by atoms with van der Waals surface area (Å²) in [6.07, 6.45) is 3.58. The number of benzene rings is 2. The van der Waals surface area contributed by atoms with Crippen LogP contribution in [-0.2, 0) is 9.59 Å². The molecule has 1 atom stereocenters. The molecule has 1 aliphatic carbocycles. The number of carbonyl (C=O) groups excluding carboxylic acids is 2. The van der Waals surface area contributed by atoms with E-state index in [4.69, 9.17) is 4.52 Å². The van der Waals surface area contributed by atoms with Gasteiger partial charge in [0, 0.05) is 35.8 Å². The zero-order valence-electron chi connectivity index (χ0n) is 17.4. The standard InChI is InChI=1S/C24H24N4O3/c1-15-5-2-9-19(11-15)25-23(30)18-13-21(29)28(14-18)20-10-4-8-17(12-20)22-26-24(31-27-22)16-6-3-7-16/h2,4-5,8-12,16,18H,3,6-7,13-14H2,1H3,(H,25,30)/t18-/m1/s1. The quantitative estimate of drug-likeness (QED) is 0.670. The van der Waals surface area contributed by atoms with E-state index in [0.29, 0.717) is 24.2 Å². The summed E-state index contributed by atoms with van der Waals surface area (Å²) in [6.45, 7) is 2.32. The molecule has 2 aromatic carbocycles. The first-order chi connectivity index (χ1) is 15.1. The Morgan fingerprint density at radius 3 is 2.77 bits per heavy atom. The predicted molar refractivity (Wildman–Crippen MR) is 117 cm³/mol. The SMILES string of the molecule is Cc1cccc(NC(=O)[C@@H]2CC(=O)N(c3cccc(-c4noc(C5CCC5)n4)c3)C2)c1. The van der Waals surface area contributed by atoms with E-state index in [1.54, 1.807) is 4.90 Å². The summed E-state index contributed by atoms with van der Waals surface area (Å²) in [4.78, 5) is 31.6. The van der Waals surface area contributed by atoms with E-state index < -0.39 is 5.92 Å². The number of hydrogen-bond donors (Lipinski definition) is 1. The molecule has 1 saturated carbocycles. The first kappa shape index (κ1) is 19.5. The third kappa shape index (κ3) is 3.95. The highest BCUT2D eigenvalue weighted by Crippen LogP contribution is 2.36. The van der Waals surface area contributed by atoms with E-state index in [1.807, 2.05) is 55.5 Å². The van der Waals surface area contributed by atoms with Gasteiger partial charge in [0.2, 0.25) is 23.5 Å². The average Bonchev–Trinajstić information content (AvgIpc) is 3.34. The molecule has 31 heavy (non-hydrogen) atoms. The molecule has 0 spiro atoms. The maximum Gasteiger partial charge on any atom is 0.230 e. The van der Waals surface area contributed by atoms with E-state index in [0.717, 1.165) is 35.3 Å². The highest BCUT2D eigenvalue weighted by molar-refractivity contribution is 6.03. The van der Waals surface area contributed by atoms with Gasteiger partial charge in [-0.05, 0) is 49.6 Å². The van der Waals surface area contributed by atoms with Crippen LogP contribution in [0.5, 0.6) is 0 Å². The fraction of sp³-hybridized carbons (Fsp3) is 0.333. The van der Waals surface area contributed by atoms with Crippen LogP contribution in [0.25, 0.3) is 11.4 Å². The molecule has 1 saturated heterocycles. The molecule has 158 valence electrons. The lowest BCUT2D eigenvalue weighted by Crippen LogP contribution is -2.28. The highest BCUT2D eigenvalue weighted by Gasteiger charge is 2.35. The normalized spacial score (nSPS) is 18.8. The summed E-state index contributed by atoms with van der Waals surface area (Å²) < 4.78 is 5.43. The van der Waals surface area contributed by atoms with Crippen LogP contribution in [0, 0.1) is 12.8 Å². The van der Waals surface area contributed by atoms with Crippen LogP contribution in [0.4, 0.5) is 11.4 Å². The summed E-state index contributed by atoms with van der Waals surface area (Å²) in [5, 5.41) is 7.05. The van der Waals surface area contributed by atoms with Crippen molar-refractivity contribution in [2.24, 2.45) is 5.92 Å². The number of aryl methyl sites for hydroxylation is 1. The highest BCUT2D eigenvalue weighted by atomic mass is 16.5. The number of anilines is 2. The number of hydrogen-bond acceptors (Lipinski definition) is 5. The first-order valence-corrected chi connectivity index (χ1v) is 10.7. The van der Waals surface area contributed by atoms with Gasteiger partial charge < -0.3 is 14.7 Å². The van der Waals surface area contributed by atoms with Gasteiger partial charge in [-0.15, -0.1) is 0 Å². The summed E-state index contributed by atoms with van der Waals surface area (Å²) in [5.74, 6) is 0.996. The Hall–Kier alpha value is -3.48. The van der Waals surface area contributed by atoms with Crippen molar-refractivity contribution < 1.29 is 14.1 Å². The van der Waals surface area contributed by atoms with Crippen LogP contribution in [0.15, 0.2) is 53.1 Å². The molecule has 7 heteroatoms. The average molecular weight is 416 g/mol. The predicted octanol–water partition coefficient (Wildman–Crippen LogP) is 4.30. The molecule has 0 bridgehead atoms. The largest absolute Gasteiger partial charge is 0.339 e. The number of carbonyl (C=O) groups is 2. The van der Waals surface area contributed by atoms with Gasteiger partial charge in [-0.2, -0.15) is 4.98 Å². The number of rotatable bonds is 5. The summed E-state index contributed by atoms with van der Waals surface area (Å²) in [6, 6.07) is 15.2. The van der Waals surface area contributed by atoms with Crippen molar-refractivity contribution in [1.82, 2.24) is 10.1 Å². The Morgan fingerprint density at radius 2 is 2.00 bits per heavy atom. The van der Waals surface area contributed by atoms with E-state index in [9.17, 15) is 9.59 Å². The zero-order valence-corrected chi connectivity index (χ0v) is 17.4. The van der Waals surface area contributed by atoms with Crippen LogP contribution in [0.1, 0.15) is 43.1 Å². The van der Waals surface area contributed by atoms with Gasteiger partial charge in [0.05, 0.1) is 5.92 Å². The smallest absolute Gasteiger partial charge is 0.230 e. The van der Waals surface area contributed by atoms with Gasteiger partial charge in [-0.1, -0.05) is 35.8 Å². The fourth-order valence-corrected chi connectivity index (χ4v) is 4.09. The lowest BCUT2D eigenvalue weighted by molar-refractivity contribution is -0.122. The van der Waals surface area contributed by atoms with Crippen molar-refractivity contribution in [3.63, 3.8) is 0 Å².